The van der Waals surface area contributed by atoms with E-state index in [2.05, 4.69) is 187 Å². The number of hydrogen-bond donors (Lipinski definition) is 0. The van der Waals surface area contributed by atoms with Crippen LogP contribution in [0.3, 0.4) is 0 Å². The highest BCUT2D eigenvalue weighted by Gasteiger charge is 2.25. The highest BCUT2D eigenvalue weighted by atomic mass is 16.3. The average Bonchev–Trinajstić information content (AvgIpc) is 3.83. The molecule has 3 heterocycles. The van der Waals surface area contributed by atoms with Crippen LogP contribution in [0.1, 0.15) is 0 Å². The first-order valence-electron chi connectivity index (χ1n) is 18.9. The van der Waals surface area contributed by atoms with E-state index in [4.69, 9.17) is 14.4 Å². The number of hydrogen-bond acceptors (Lipinski definition) is 3. The Morgan fingerprint density at radius 1 is 0.375 bits per heavy atom. The molecule has 0 aliphatic carbocycles. The third-order valence-corrected chi connectivity index (χ3v) is 10.8. The molecule has 4 nitrogen and oxygen atoms in total. The molecule has 0 aliphatic heterocycles. The van der Waals surface area contributed by atoms with Crippen molar-refractivity contribution in [2.24, 2.45) is 0 Å². The first-order chi connectivity index (χ1) is 27.8. The van der Waals surface area contributed by atoms with Gasteiger partial charge >= 0.3 is 0 Å². The summed E-state index contributed by atoms with van der Waals surface area (Å²) in [5.41, 5.74) is 14.2. The molecule has 262 valence electrons. The number of benzene rings is 8. The number of nitrogens with zero attached hydrogens (tertiary/aromatic N) is 3. The van der Waals surface area contributed by atoms with Gasteiger partial charge in [0, 0.05) is 44.0 Å². The standard InChI is InChI=1S/C52H33N3O/c1-5-17-34(18-6-1)42-31-38(52-53-44(36-21-9-3-10-22-36)33-45(54-52)37-23-11-4-12-24-37)32-43(35-19-7-2-8-20-35)50(42)55-46-27-15-13-25-39(46)40-29-30-48-49(51(40)55)41-26-14-16-28-47(41)56-48/h1-33H. The van der Waals surface area contributed by atoms with E-state index in [1.165, 1.54) is 10.8 Å². The zero-order valence-corrected chi connectivity index (χ0v) is 30.3. The first-order valence-corrected chi connectivity index (χ1v) is 18.9. The highest BCUT2D eigenvalue weighted by Crippen LogP contribution is 2.46. The van der Waals surface area contributed by atoms with Gasteiger partial charge in [-0.3, -0.25) is 0 Å². The minimum absolute atomic E-state index is 0.663. The van der Waals surface area contributed by atoms with Crippen LogP contribution in [0.2, 0.25) is 0 Å². The summed E-state index contributed by atoms with van der Waals surface area (Å²) in [4.78, 5) is 10.6. The van der Waals surface area contributed by atoms with E-state index in [0.29, 0.717) is 5.82 Å². The van der Waals surface area contributed by atoms with Gasteiger partial charge in [0.1, 0.15) is 11.2 Å². The molecule has 0 atom stereocenters. The number of aromatic nitrogens is 3. The summed E-state index contributed by atoms with van der Waals surface area (Å²) in [7, 11) is 0. The van der Waals surface area contributed by atoms with Crippen molar-refractivity contribution in [3.63, 3.8) is 0 Å². The van der Waals surface area contributed by atoms with Crippen molar-refractivity contribution < 1.29 is 4.42 Å². The second-order valence-corrected chi connectivity index (χ2v) is 14.1. The van der Waals surface area contributed by atoms with Crippen molar-refractivity contribution in [3.8, 4) is 61.8 Å². The van der Waals surface area contributed by atoms with Crippen LogP contribution in [0, 0.1) is 0 Å². The van der Waals surface area contributed by atoms with Gasteiger partial charge in [0.05, 0.1) is 33.5 Å². The summed E-state index contributed by atoms with van der Waals surface area (Å²) in [5, 5.41) is 4.55. The lowest BCUT2D eigenvalue weighted by atomic mass is 9.92. The number of rotatable bonds is 6. The van der Waals surface area contributed by atoms with Gasteiger partial charge in [-0.2, -0.15) is 0 Å². The number of fused-ring (bicyclic) bond motifs is 7. The quantitative estimate of drug-likeness (QED) is 0.172. The predicted molar refractivity (Wildman–Crippen MR) is 231 cm³/mol. The van der Waals surface area contributed by atoms with Crippen LogP contribution in [-0.4, -0.2) is 14.5 Å². The Labute approximate surface area is 323 Å². The van der Waals surface area contributed by atoms with Crippen LogP contribution in [0.15, 0.2) is 205 Å². The zero-order valence-electron chi connectivity index (χ0n) is 30.3. The Morgan fingerprint density at radius 2 is 0.875 bits per heavy atom. The molecule has 0 saturated carbocycles. The Bertz CT molecular complexity index is 3100. The molecule has 0 aliphatic rings. The van der Waals surface area contributed by atoms with E-state index >= 15 is 0 Å². The van der Waals surface area contributed by atoms with Crippen LogP contribution < -0.4 is 0 Å². The van der Waals surface area contributed by atoms with Crippen molar-refractivity contribution in [3.05, 3.63) is 200 Å². The van der Waals surface area contributed by atoms with Gasteiger partial charge in [0.2, 0.25) is 0 Å². The van der Waals surface area contributed by atoms with E-state index in [9.17, 15) is 0 Å². The van der Waals surface area contributed by atoms with Crippen molar-refractivity contribution in [2.75, 3.05) is 0 Å². The fourth-order valence-electron chi connectivity index (χ4n) is 8.27. The van der Waals surface area contributed by atoms with Gasteiger partial charge in [0.25, 0.3) is 0 Å². The lowest BCUT2D eigenvalue weighted by Gasteiger charge is -2.21. The fraction of sp³-hybridized carbons (Fsp3) is 0. The third-order valence-electron chi connectivity index (χ3n) is 10.8. The minimum atomic E-state index is 0.663. The molecule has 0 fully saturated rings. The molecule has 0 amide bonds. The maximum absolute atomic E-state index is 6.52. The Kier molecular flexibility index (Phi) is 7.46. The summed E-state index contributed by atoms with van der Waals surface area (Å²) in [6.07, 6.45) is 0. The van der Waals surface area contributed by atoms with Gasteiger partial charge in [-0.15, -0.1) is 0 Å². The summed E-state index contributed by atoms with van der Waals surface area (Å²) in [6, 6.07) is 70.2. The summed E-state index contributed by atoms with van der Waals surface area (Å²) in [5.74, 6) is 0.663. The maximum Gasteiger partial charge on any atom is 0.160 e. The zero-order chi connectivity index (χ0) is 37.0. The van der Waals surface area contributed by atoms with Crippen molar-refractivity contribution >= 4 is 43.7 Å². The van der Waals surface area contributed by atoms with Crippen LogP contribution >= 0.6 is 0 Å². The molecule has 0 spiro atoms. The van der Waals surface area contributed by atoms with Gasteiger partial charge in [-0.05, 0) is 53.6 Å². The van der Waals surface area contributed by atoms with E-state index in [0.717, 1.165) is 89.0 Å². The maximum atomic E-state index is 6.52. The minimum Gasteiger partial charge on any atom is -0.456 e. The number of furan rings is 1. The molecule has 11 aromatic rings. The topological polar surface area (TPSA) is 43.9 Å². The largest absolute Gasteiger partial charge is 0.456 e. The second-order valence-electron chi connectivity index (χ2n) is 14.1. The smallest absolute Gasteiger partial charge is 0.160 e. The van der Waals surface area contributed by atoms with E-state index in [-0.39, 0.29) is 0 Å². The van der Waals surface area contributed by atoms with Crippen molar-refractivity contribution in [2.45, 2.75) is 0 Å². The third kappa shape index (κ3) is 5.23. The summed E-state index contributed by atoms with van der Waals surface area (Å²) < 4.78 is 8.99. The van der Waals surface area contributed by atoms with Crippen LogP contribution in [0.4, 0.5) is 0 Å². The molecule has 0 N–H and O–H groups in total. The Morgan fingerprint density at radius 3 is 1.46 bits per heavy atom. The molecule has 8 aromatic carbocycles. The van der Waals surface area contributed by atoms with Crippen LogP contribution in [-0.2, 0) is 0 Å². The SMILES string of the molecule is c1ccc(-c2cc(-c3ccccc3)nc(-c3cc(-c4ccccc4)c(-n4c5ccccc5c5ccc6oc7ccccc7c6c54)c(-c4ccccc4)c3)n2)cc1. The second kappa shape index (κ2) is 13.1. The molecule has 56 heavy (non-hydrogen) atoms. The molecule has 3 aromatic heterocycles. The Balaban J connectivity index is 1.30. The molecule has 0 saturated heterocycles. The van der Waals surface area contributed by atoms with E-state index in [1.54, 1.807) is 0 Å². The Hall–Kier alpha value is -7.56. The molecular weight excluding hydrogens is 683 g/mol. The van der Waals surface area contributed by atoms with Crippen LogP contribution in [0.25, 0.3) is 106 Å². The van der Waals surface area contributed by atoms with Gasteiger partial charge < -0.3 is 8.98 Å². The highest BCUT2D eigenvalue weighted by molar-refractivity contribution is 6.25. The molecule has 11 rings (SSSR count). The summed E-state index contributed by atoms with van der Waals surface area (Å²) >= 11 is 0. The molecule has 0 bridgehead atoms. The normalized spacial score (nSPS) is 11.6. The molecule has 0 unspecified atom stereocenters. The van der Waals surface area contributed by atoms with E-state index < -0.39 is 0 Å². The molecule has 0 radical (unpaired) electrons. The van der Waals surface area contributed by atoms with Crippen molar-refractivity contribution in [1.29, 1.82) is 0 Å². The predicted octanol–water partition coefficient (Wildman–Crippen LogP) is 13.8. The lowest BCUT2D eigenvalue weighted by Crippen LogP contribution is -2.03. The first kappa shape index (κ1) is 31.9. The van der Waals surface area contributed by atoms with Gasteiger partial charge in [0.15, 0.2) is 5.82 Å². The summed E-state index contributed by atoms with van der Waals surface area (Å²) in [6.45, 7) is 0. The monoisotopic (exact) mass is 715 g/mol. The molecule has 4 heteroatoms. The average molecular weight is 716 g/mol. The van der Waals surface area contributed by atoms with Gasteiger partial charge in [-0.25, -0.2) is 9.97 Å². The fourth-order valence-corrected chi connectivity index (χ4v) is 8.27. The molecular formula is C52H33N3O. The number of para-hydroxylation sites is 2. The van der Waals surface area contributed by atoms with Crippen LogP contribution in [0.5, 0.6) is 0 Å². The van der Waals surface area contributed by atoms with E-state index in [1.807, 2.05) is 18.2 Å². The van der Waals surface area contributed by atoms with Crippen molar-refractivity contribution in [1.82, 2.24) is 14.5 Å². The van der Waals surface area contributed by atoms with Gasteiger partial charge in [-0.1, -0.05) is 158 Å². The lowest BCUT2D eigenvalue weighted by molar-refractivity contribution is 0.669.